The molecule has 0 bridgehead atoms. The van der Waals surface area contributed by atoms with Gasteiger partial charge in [0.05, 0.1) is 16.4 Å². The molecule has 0 atom stereocenters. The van der Waals surface area contributed by atoms with Crippen molar-refractivity contribution in [2.45, 2.75) is 219 Å². The maximum atomic E-state index is 4.06. The number of anilines is 6. The van der Waals surface area contributed by atoms with Crippen molar-refractivity contribution in [3.05, 3.63) is 141 Å². The van der Waals surface area contributed by atoms with Crippen LogP contribution in [-0.2, 0) is 43.3 Å². The van der Waals surface area contributed by atoms with E-state index in [1.54, 1.807) is 0 Å². The van der Waals surface area contributed by atoms with Gasteiger partial charge < -0.3 is 9.80 Å². The van der Waals surface area contributed by atoms with Crippen molar-refractivity contribution in [1.82, 2.24) is 0 Å². The van der Waals surface area contributed by atoms with Gasteiger partial charge in [-0.3, -0.25) is 0 Å². The third-order valence-corrected chi connectivity index (χ3v) is 21.0. The fourth-order valence-electron chi connectivity index (χ4n) is 14.4. The number of hydrogen-bond acceptors (Lipinski definition) is 3. The van der Waals surface area contributed by atoms with Crippen LogP contribution >= 0.6 is 11.3 Å². The summed E-state index contributed by atoms with van der Waals surface area (Å²) in [5.74, 6) is 0. The molecule has 0 amide bonds. The zero-order valence-electron chi connectivity index (χ0n) is 48.5. The van der Waals surface area contributed by atoms with Crippen LogP contribution in [0.3, 0.4) is 0 Å². The Morgan fingerprint density at radius 2 is 1.07 bits per heavy atom. The summed E-state index contributed by atoms with van der Waals surface area (Å²) in [6.07, 6.45) is 16.2. The van der Waals surface area contributed by atoms with Crippen LogP contribution in [0.2, 0.25) is 0 Å². The third kappa shape index (κ3) is 7.45. The Labute approximate surface area is 451 Å². The molecule has 382 valence electrons. The summed E-state index contributed by atoms with van der Waals surface area (Å²) in [7, 11) is 0. The Kier molecular flexibility index (Phi) is 10.7. The minimum atomic E-state index is -0.134. The first-order valence-corrected chi connectivity index (χ1v) is 29.3. The van der Waals surface area contributed by atoms with E-state index in [1.165, 1.54) is 142 Å². The van der Waals surface area contributed by atoms with E-state index in [0.717, 1.165) is 24.9 Å². The van der Waals surface area contributed by atoms with Gasteiger partial charge in [-0.05, 0) is 216 Å². The lowest BCUT2D eigenvalue weighted by Gasteiger charge is -2.46. The molecule has 0 spiro atoms. The molecule has 0 radical (unpaired) electrons. The normalized spacial score (nSPS) is 21.2. The largest absolute Gasteiger partial charge is 0.303 e. The molecule has 0 N–H and O–H groups in total. The lowest BCUT2D eigenvalue weighted by molar-refractivity contribution is 0.332. The minimum absolute atomic E-state index is 0.0220. The molecule has 12 rings (SSSR count). The summed E-state index contributed by atoms with van der Waals surface area (Å²) in [6.45, 7) is 44.1. The van der Waals surface area contributed by atoms with Gasteiger partial charge in [-0.15, -0.1) is 11.3 Å². The summed E-state index contributed by atoms with van der Waals surface area (Å²) in [5, 5.41) is 2.78. The van der Waals surface area contributed by atoms with E-state index >= 15 is 0 Å². The molecular formula is C70H83BN2S. The Hall–Kier alpha value is -4.98. The monoisotopic (exact) mass is 995 g/mol. The van der Waals surface area contributed by atoms with Crippen molar-refractivity contribution >= 4 is 83.5 Å². The third-order valence-electron chi connectivity index (χ3n) is 19.8. The van der Waals surface area contributed by atoms with Crippen LogP contribution in [-0.4, -0.2) is 6.71 Å². The number of hydrogen-bond donors (Lipinski definition) is 0. The summed E-state index contributed by atoms with van der Waals surface area (Å²) in [6, 6.07) is 34.0. The number of benzene rings is 4. The average Bonchev–Trinajstić information content (AvgIpc) is 3.75. The van der Waals surface area contributed by atoms with Gasteiger partial charge in [0.2, 0.25) is 0 Å². The minimum Gasteiger partial charge on any atom is -0.303 e. The molecule has 0 unspecified atom stereocenters. The van der Waals surface area contributed by atoms with Crippen LogP contribution in [0.4, 0.5) is 33.4 Å². The molecule has 3 heterocycles. The van der Waals surface area contributed by atoms with Crippen molar-refractivity contribution in [2.75, 3.05) is 9.80 Å². The molecule has 0 fully saturated rings. The zero-order valence-corrected chi connectivity index (χ0v) is 49.4. The molecule has 6 aliphatic rings. The van der Waals surface area contributed by atoms with Crippen LogP contribution in [0, 0.1) is 12.1 Å². The molecule has 0 saturated heterocycles. The lowest BCUT2D eigenvalue weighted by Crippen LogP contribution is -2.61. The highest BCUT2D eigenvalue weighted by Gasteiger charge is 2.49. The molecule has 0 saturated carbocycles. The highest BCUT2D eigenvalue weighted by Crippen LogP contribution is 2.56. The van der Waals surface area contributed by atoms with Gasteiger partial charge in [0.15, 0.2) is 0 Å². The number of rotatable bonds is 3. The van der Waals surface area contributed by atoms with E-state index in [9.17, 15) is 0 Å². The Balaban J connectivity index is 1.25. The highest BCUT2D eigenvalue weighted by atomic mass is 32.1. The first kappa shape index (κ1) is 49.9. The van der Waals surface area contributed by atoms with Gasteiger partial charge in [0, 0.05) is 32.9 Å². The van der Waals surface area contributed by atoms with E-state index in [0.29, 0.717) is 0 Å². The standard InChI is InChI=1S/C70H83BN2S/c1-63(2,3)43-24-27-55-54(34-43)71-60-47-39-51-53(70(17,18)33-31-68(51,13)14)41-59(47)74-62(60)72(45-25-26-48-49(37-45)66(9,10)29-28-65(48,7)8)57-35-44(64(4,5)6)36-58(61(57)71)73(55)56-40-52-50(67(11,12)30-32-69(52,15)16)38-46(56)42-22-20-19-21-23-42/h19-20,22,25-26,34-41H,21,23,28-33H2,1-18H3. The lowest BCUT2D eigenvalue weighted by atomic mass is 9.33. The Morgan fingerprint density at radius 3 is 1.64 bits per heavy atom. The number of fused-ring (bicyclic) bond motifs is 9. The molecule has 74 heavy (non-hydrogen) atoms. The SMILES string of the molecule is CC(C)(C)c1c#cc2c(c1)B1c3c(cc(C(C)(C)C)cc3N(c3ccc4c(c3)C(C)(C)CCC4(C)C)c3sc4cc5c(cc4c31)C(C)(C)CCC5(C)C)N2c1cc2c(cc1C1=CC=CCC1)C(C)(C)CCC2(C)C. The second-order valence-electron chi connectivity index (χ2n) is 30.0. The number of nitrogens with zero attached hydrogens (tertiary/aromatic N) is 2. The maximum absolute atomic E-state index is 4.06. The van der Waals surface area contributed by atoms with Crippen molar-refractivity contribution < 1.29 is 0 Å². The molecule has 4 aliphatic carbocycles. The van der Waals surface area contributed by atoms with Gasteiger partial charge in [0.25, 0.3) is 6.71 Å². The van der Waals surface area contributed by atoms with E-state index in [4.69, 9.17) is 0 Å². The van der Waals surface area contributed by atoms with E-state index in [-0.39, 0.29) is 50.0 Å². The molecule has 5 aromatic carbocycles. The summed E-state index contributed by atoms with van der Waals surface area (Å²) in [4.78, 5) is 5.47. The highest BCUT2D eigenvalue weighted by molar-refractivity contribution is 7.26. The van der Waals surface area contributed by atoms with Crippen LogP contribution in [0.5, 0.6) is 0 Å². The molecule has 2 aliphatic heterocycles. The molecule has 1 aromatic heterocycles. The van der Waals surface area contributed by atoms with Gasteiger partial charge in [-0.25, -0.2) is 0 Å². The number of thiophene rings is 1. The molecule has 2 nitrogen and oxygen atoms in total. The smallest absolute Gasteiger partial charge is 0.255 e. The molecule has 6 aromatic rings. The van der Waals surface area contributed by atoms with Crippen molar-refractivity contribution in [1.29, 1.82) is 0 Å². The molecular weight excluding hydrogens is 912 g/mol. The van der Waals surface area contributed by atoms with Crippen molar-refractivity contribution in [2.24, 2.45) is 0 Å². The second-order valence-corrected chi connectivity index (χ2v) is 31.0. The van der Waals surface area contributed by atoms with Gasteiger partial charge in [-0.1, -0.05) is 161 Å². The van der Waals surface area contributed by atoms with Gasteiger partial charge >= 0.3 is 0 Å². The van der Waals surface area contributed by atoms with Crippen LogP contribution in [0.1, 0.15) is 226 Å². The summed E-state index contributed by atoms with van der Waals surface area (Å²) in [5.41, 5.74) is 25.1. The topological polar surface area (TPSA) is 6.48 Å². The Bertz CT molecular complexity index is 3440. The first-order chi connectivity index (χ1) is 34.4. The molecule has 4 heteroatoms. The van der Waals surface area contributed by atoms with Crippen molar-refractivity contribution in [3.63, 3.8) is 0 Å². The van der Waals surface area contributed by atoms with Gasteiger partial charge in [-0.2, -0.15) is 0 Å². The second kappa shape index (κ2) is 15.8. The Morgan fingerprint density at radius 1 is 0.527 bits per heavy atom. The maximum Gasteiger partial charge on any atom is 0.255 e. The summed E-state index contributed by atoms with van der Waals surface area (Å²) >= 11 is 2.04. The van der Waals surface area contributed by atoms with Gasteiger partial charge in [0.1, 0.15) is 0 Å². The quantitative estimate of drug-likeness (QED) is 0.163. The fraction of sp³-hybridized carbons (Fsp3) is 0.486. The van der Waals surface area contributed by atoms with Crippen LogP contribution in [0.25, 0.3) is 15.7 Å². The summed E-state index contributed by atoms with van der Waals surface area (Å²) < 4.78 is 1.40. The van der Waals surface area contributed by atoms with E-state index < -0.39 is 0 Å². The average molecular weight is 995 g/mol. The van der Waals surface area contributed by atoms with Crippen molar-refractivity contribution in [3.8, 4) is 0 Å². The van der Waals surface area contributed by atoms with E-state index in [1.807, 2.05) is 11.3 Å². The number of allylic oxidation sites excluding steroid dienone is 4. The zero-order chi connectivity index (χ0) is 52.8. The van der Waals surface area contributed by atoms with Crippen LogP contribution < -0.4 is 26.2 Å². The van der Waals surface area contributed by atoms with E-state index in [2.05, 4.69) is 225 Å². The predicted octanol–water partition coefficient (Wildman–Crippen LogP) is 18.0. The first-order valence-electron chi connectivity index (χ1n) is 28.5. The predicted molar refractivity (Wildman–Crippen MR) is 323 cm³/mol. The fourth-order valence-corrected chi connectivity index (χ4v) is 15.7. The van der Waals surface area contributed by atoms with Crippen LogP contribution in [0.15, 0.2) is 78.9 Å².